The molecule has 0 atom stereocenters. The first-order chi connectivity index (χ1) is 8.62. The van der Waals surface area contributed by atoms with Gasteiger partial charge in [-0.2, -0.15) is 0 Å². The van der Waals surface area contributed by atoms with Crippen LogP contribution in [0.5, 0.6) is 0 Å². The first-order valence-corrected chi connectivity index (χ1v) is 6.61. The molecular weight excluding hydrogens is 252 g/mol. The normalized spacial score (nSPS) is 10.9. The third-order valence-electron chi connectivity index (χ3n) is 2.22. The van der Waals surface area contributed by atoms with Crippen LogP contribution >= 0.6 is 0 Å². The molecule has 7 heteroatoms. The monoisotopic (exact) mass is 264 g/mol. The summed E-state index contributed by atoms with van der Waals surface area (Å²) >= 11 is 0. The Kier molecular flexibility index (Phi) is 3.45. The lowest BCUT2D eigenvalue weighted by Crippen LogP contribution is -2.14. The smallest absolute Gasteiger partial charge is 0.263 e. The number of hydrazine groups is 1. The third kappa shape index (κ3) is 2.76. The van der Waals surface area contributed by atoms with Crippen LogP contribution in [0.25, 0.3) is 0 Å². The Labute approximate surface area is 105 Å². The van der Waals surface area contributed by atoms with E-state index in [2.05, 4.69) is 15.1 Å². The molecule has 6 nitrogen and oxygen atoms in total. The van der Waals surface area contributed by atoms with Crippen molar-refractivity contribution in [2.75, 3.05) is 10.1 Å². The number of para-hydroxylation sites is 1. The Morgan fingerprint density at radius 1 is 1.06 bits per heavy atom. The molecule has 0 radical (unpaired) electrons. The van der Waals surface area contributed by atoms with Gasteiger partial charge in [0.2, 0.25) is 0 Å². The van der Waals surface area contributed by atoms with E-state index in [1.165, 1.54) is 18.3 Å². The van der Waals surface area contributed by atoms with Crippen molar-refractivity contribution in [2.24, 2.45) is 5.84 Å². The van der Waals surface area contributed by atoms with Crippen LogP contribution in [0.15, 0.2) is 53.6 Å². The summed E-state index contributed by atoms with van der Waals surface area (Å²) < 4.78 is 26.4. The van der Waals surface area contributed by atoms with Crippen LogP contribution in [0.4, 0.5) is 11.5 Å². The number of hydrogen-bond acceptors (Lipinski definition) is 5. The van der Waals surface area contributed by atoms with Gasteiger partial charge in [-0.1, -0.05) is 18.2 Å². The minimum Gasteiger partial charge on any atom is -0.308 e. The van der Waals surface area contributed by atoms with Gasteiger partial charge in [-0.25, -0.2) is 19.2 Å². The Morgan fingerprint density at radius 2 is 1.78 bits per heavy atom. The summed E-state index contributed by atoms with van der Waals surface area (Å²) in [6, 6.07) is 11.5. The highest BCUT2D eigenvalue weighted by Crippen LogP contribution is 2.15. The molecule has 2 rings (SSSR count). The van der Waals surface area contributed by atoms with E-state index < -0.39 is 10.0 Å². The van der Waals surface area contributed by atoms with E-state index in [4.69, 9.17) is 5.84 Å². The number of nitrogens with one attached hydrogen (secondary N) is 2. The van der Waals surface area contributed by atoms with Crippen molar-refractivity contribution in [1.29, 1.82) is 0 Å². The van der Waals surface area contributed by atoms with Crippen LogP contribution in [0.2, 0.25) is 0 Å². The number of rotatable bonds is 4. The zero-order valence-corrected chi connectivity index (χ0v) is 10.2. The van der Waals surface area contributed by atoms with Crippen molar-refractivity contribution in [1.82, 2.24) is 4.98 Å². The maximum atomic E-state index is 12.0. The van der Waals surface area contributed by atoms with E-state index in [-0.39, 0.29) is 4.90 Å². The van der Waals surface area contributed by atoms with E-state index in [9.17, 15) is 8.42 Å². The molecule has 0 saturated carbocycles. The predicted molar refractivity (Wildman–Crippen MR) is 69.3 cm³/mol. The molecular formula is C11H12N4O2S. The predicted octanol–water partition coefficient (Wildman–Crippen LogP) is 1.17. The lowest BCUT2D eigenvalue weighted by molar-refractivity contribution is 0.601. The molecule has 1 aromatic carbocycles. The molecule has 0 aliphatic rings. The average Bonchev–Trinajstić information content (AvgIpc) is 2.39. The van der Waals surface area contributed by atoms with E-state index in [0.717, 1.165) is 0 Å². The van der Waals surface area contributed by atoms with Crippen molar-refractivity contribution < 1.29 is 8.42 Å². The molecule has 1 heterocycles. The summed E-state index contributed by atoms with van der Waals surface area (Å²) in [4.78, 5) is 3.92. The van der Waals surface area contributed by atoms with Crippen LogP contribution < -0.4 is 16.0 Å². The average molecular weight is 264 g/mol. The summed E-state index contributed by atoms with van der Waals surface area (Å²) in [5.41, 5.74) is 2.83. The second-order valence-corrected chi connectivity index (χ2v) is 5.18. The summed E-state index contributed by atoms with van der Waals surface area (Å²) in [6.07, 6.45) is 1.24. The molecule has 0 spiro atoms. The van der Waals surface area contributed by atoms with Crippen LogP contribution in [-0.2, 0) is 10.0 Å². The third-order valence-corrected chi connectivity index (χ3v) is 3.59. The minimum absolute atomic E-state index is 0.0744. The molecule has 0 bridgehead atoms. The van der Waals surface area contributed by atoms with Crippen molar-refractivity contribution in [3.05, 3.63) is 48.7 Å². The van der Waals surface area contributed by atoms with Gasteiger partial charge in [0.15, 0.2) is 0 Å². The Hall–Kier alpha value is -2.12. The quantitative estimate of drug-likeness (QED) is 0.569. The van der Waals surface area contributed by atoms with Crippen LogP contribution in [-0.4, -0.2) is 13.4 Å². The molecule has 0 unspecified atom stereocenters. The number of anilines is 2. The summed E-state index contributed by atoms with van der Waals surface area (Å²) in [7, 11) is -3.62. The van der Waals surface area contributed by atoms with Crippen LogP contribution in [0, 0.1) is 0 Å². The maximum Gasteiger partial charge on any atom is 0.263 e. The van der Waals surface area contributed by atoms with Gasteiger partial charge in [0.1, 0.15) is 10.7 Å². The fraction of sp³-hybridized carbons (Fsp3) is 0. The summed E-state index contributed by atoms with van der Waals surface area (Å²) in [6.45, 7) is 0. The molecule has 0 fully saturated rings. The van der Waals surface area contributed by atoms with Gasteiger partial charge in [0, 0.05) is 11.9 Å². The number of nitrogen functional groups attached to an aromatic ring is 1. The largest absolute Gasteiger partial charge is 0.308 e. The number of sulfonamides is 1. The van der Waals surface area contributed by atoms with Crippen molar-refractivity contribution >= 4 is 21.5 Å². The van der Waals surface area contributed by atoms with E-state index >= 15 is 0 Å². The highest BCUT2D eigenvalue weighted by atomic mass is 32.2. The van der Waals surface area contributed by atoms with Crippen LogP contribution in [0.1, 0.15) is 0 Å². The van der Waals surface area contributed by atoms with Gasteiger partial charge < -0.3 is 5.43 Å². The van der Waals surface area contributed by atoms with E-state index in [1.807, 2.05) is 0 Å². The number of nitrogens with zero attached hydrogens (tertiary/aromatic N) is 1. The molecule has 0 aliphatic heterocycles. The Balaban J connectivity index is 2.25. The standard InChI is InChI=1S/C11H12N4O2S/c12-14-11-7-6-10(8-13-11)18(16,17)15-9-4-2-1-3-5-9/h1-8,15H,12H2,(H,13,14). The Bertz CT molecular complexity index is 611. The highest BCUT2D eigenvalue weighted by molar-refractivity contribution is 7.92. The zero-order valence-electron chi connectivity index (χ0n) is 9.37. The number of aromatic nitrogens is 1. The van der Waals surface area contributed by atoms with Crippen LogP contribution in [0.3, 0.4) is 0 Å². The second-order valence-electron chi connectivity index (χ2n) is 3.50. The maximum absolute atomic E-state index is 12.0. The van der Waals surface area contributed by atoms with Gasteiger partial charge in [0.05, 0.1) is 0 Å². The molecule has 94 valence electrons. The van der Waals surface area contributed by atoms with Gasteiger partial charge in [-0.05, 0) is 24.3 Å². The topological polar surface area (TPSA) is 97.1 Å². The minimum atomic E-state index is -3.62. The molecule has 0 saturated heterocycles. The number of hydrogen-bond donors (Lipinski definition) is 3. The lowest BCUT2D eigenvalue weighted by atomic mass is 10.3. The molecule has 1 aromatic heterocycles. The number of pyridine rings is 1. The molecule has 2 aromatic rings. The molecule has 18 heavy (non-hydrogen) atoms. The first-order valence-electron chi connectivity index (χ1n) is 5.12. The Morgan fingerprint density at radius 3 is 2.33 bits per heavy atom. The van der Waals surface area contributed by atoms with Gasteiger partial charge >= 0.3 is 0 Å². The fourth-order valence-electron chi connectivity index (χ4n) is 1.34. The lowest BCUT2D eigenvalue weighted by Gasteiger charge is -2.07. The summed E-state index contributed by atoms with van der Waals surface area (Å²) in [5.74, 6) is 5.55. The molecule has 0 aliphatic carbocycles. The number of benzene rings is 1. The second kappa shape index (κ2) is 5.03. The van der Waals surface area contributed by atoms with E-state index in [1.54, 1.807) is 30.3 Å². The van der Waals surface area contributed by atoms with Gasteiger partial charge in [-0.15, -0.1) is 0 Å². The van der Waals surface area contributed by atoms with Gasteiger partial charge in [0.25, 0.3) is 10.0 Å². The van der Waals surface area contributed by atoms with Gasteiger partial charge in [-0.3, -0.25) is 4.72 Å². The summed E-state index contributed by atoms with van der Waals surface area (Å²) in [5, 5.41) is 0. The highest BCUT2D eigenvalue weighted by Gasteiger charge is 2.14. The van der Waals surface area contributed by atoms with Crippen molar-refractivity contribution in [3.8, 4) is 0 Å². The SMILES string of the molecule is NNc1ccc(S(=O)(=O)Nc2ccccc2)cn1. The molecule has 4 N–H and O–H groups in total. The molecule has 0 amide bonds. The first kappa shape index (κ1) is 12.3. The zero-order chi connectivity index (χ0) is 13.0. The van der Waals surface area contributed by atoms with Crippen molar-refractivity contribution in [3.63, 3.8) is 0 Å². The fourth-order valence-corrected chi connectivity index (χ4v) is 2.35. The van der Waals surface area contributed by atoms with E-state index in [0.29, 0.717) is 11.5 Å². The number of nitrogens with two attached hydrogens (primary N) is 1. The van der Waals surface area contributed by atoms with Crippen molar-refractivity contribution in [2.45, 2.75) is 4.90 Å².